The van der Waals surface area contributed by atoms with E-state index in [1.54, 1.807) is 38.1 Å². The molecule has 0 N–H and O–H groups in total. The van der Waals surface area contributed by atoms with Gasteiger partial charge in [-0.3, -0.25) is 0 Å². The number of hydrogen-bond donors (Lipinski definition) is 0. The van der Waals surface area contributed by atoms with Gasteiger partial charge in [0.05, 0.1) is 13.2 Å². The topological polar surface area (TPSA) is 85.6 Å². The lowest BCUT2D eigenvalue weighted by atomic mass is 10.1. The van der Waals surface area contributed by atoms with Gasteiger partial charge in [0.1, 0.15) is 11.6 Å². The lowest BCUT2D eigenvalue weighted by Gasteiger charge is -2.10. The predicted molar refractivity (Wildman–Crippen MR) is 109 cm³/mol. The minimum atomic E-state index is -0.700. The van der Waals surface area contributed by atoms with Crippen molar-refractivity contribution in [2.45, 2.75) is 13.8 Å². The zero-order chi connectivity index (χ0) is 21.1. The van der Waals surface area contributed by atoms with E-state index in [2.05, 4.69) is 0 Å². The van der Waals surface area contributed by atoms with Crippen LogP contribution < -0.4 is 9.47 Å². The molecule has 0 aliphatic carbocycles. The second kappa shape index (κ2) is 11.1. The number of nitriles is 1. The van der Waals surface area contributed by atoms with Crippen molar-refractivity contribution in [3.8, 4) is 17.6 Å². The molecule has 2 aromatic carbocycles. The van der Waals surface area contributed by atoms with E-state index in [4.69, 9.17) is 19.5 Å². The van der Waals surface area contributed by atoms with E-state index < -0.39 is 11.9 Å². The molecular weight excluding hydrogens is 370 g/mol. The van der Waals surface area contributed by atoms with E-state index in [0.717, 1.165) is 5.56 Å². The summed E-state index contributed by atoms with van der Waals surface area (Å²) in [7, 11) is 0. The maximum absolute atomic E-state index is 12.1. The average Bonchev–Trinajstić information content (AvgIpc) is 2.73. The molecule has 6 heteroatoms. The van der Waals surface area contributed by atoms with Crippen molar-refractivity contribution >= 4 is 24.1 Å². The molecule has 0 radical (unpaired) electrons. The number of carbonyl (C=O) groups is 2. The highest BCUT2D eigenvalue weighted by atomic mass is 16.6. The third kappa shape index (κ3) is 6.67. The Morgan fingerprint density at radius 1 is 1.00 bits per heavy atom. The van der Waals surface area contributed by atoms with Gasteiger partial charge in [-0.25, -0.2) is 9.59 Å². The molecule has 0 bridgehead atoms. The SMILES string of the molecule is CCOC(=O)C(C#N)=Cc1ccc(OC(=O)C=Cc2ccccc2)c(OCC)c1. The van der Waals surface area contributed by atoms with Gasteiger partial charge in [0.15, 0.2) is 11.5 Å². The molecule has 0 fully saturated rings. The van der Waals surface area contributed by atoms with Gasteiger partial charge in [-0.15, -0.1) is 0 Å². The van der Waals surface area contributed by atoms with Crippen LogP contribution in [0.25, 0.3) is 12.2 Å². The molecule has 0 saturated carbocycles. The van der Waals surface area contributed by atoms with Crippen molar-refractivity contribution in [3.63, 3.8) is 0 Å². The summed E-state index contributed by atoms with van der Waals surface area (Å²) in [5.41, 5.74) is 1.28. The molecule has 0 heterocycles. The number of nitrogens with zero attached hydrogens (tertiary/aromatic N) is 1. The predicted octanol–water partition coefficient (Wildman–Crippen LogP) is 4.17. The second-order valence-corrected chi connectivity index (χ2v) is 5.69. The maximum Gasteiger partial charge on any atom is 0.348 e. The zero-order valence-electron chi connectivity index (χ0n) is 16.3. The van der Waals surface area contributed by atoms with Crippen LogP contribution in [0.2, 0.25) is 0 Å². The average molecular weight is 391 g/mol. The van der Waals surface area contributed by atoms with Gasteiger partial charge in [0.2, 0.25) is 0 Å². The number of esters is 2. The van der Waals surface area contributed by atoms with Crippen molar-refractivity contribution < 1.29 is 23.8 Å². The number of rotatable bonds is 8. The Bertz CT molecular complexity index is 955. The number of ether oxygens (including phenoxy) is 3. The van der Waals surface area contributed by atoms with E-state index in [1.165, 1.54) is 12.2 Å². The van der Waals surface area contributed by atoms with E-state index >= 15 is 0 Å². The highest BCUT2D eigenvalue weighted by Gasteiger charge is 2.13. The summed E-state index contributed by atoms with van der Waals surface area (Å²) in [4.78, 5) is 23.9. The van der Waals surface area contributed by atoms with E-state index in [0.29, 0.717) is 17.9 Å². The lowest BCUT2D eigenvalue weighted by Crippen LogP contribution is -2.07. The van der Waals surface area contributed by atoms with Gasteiger partial charge < -0.3 is 14.2 Å². The van der Waals surface area contributed by atoms with Crippen LogP contribution in [0.4, 0.5) is 0 Å². The van der Waals surface area contributed by atoms with Crippen LogP contribution in [0.15, 0.2) is 60.2 Å². The Labute approximate surface area is 169 Å². The summed E-state index contributed by atoms with van der Waals surface area (Å²) < 4.78 is 15.7. The molecule has 0 amide bonds. The van der Waals surface area contributed by atoms with E-state index in [-0.39, 0.29) is 17.9 Å². The highest BCUT2D eigenvalue weighted by molar-refractivity contribution is 5.98. The number of hydrogen-bond acceptors (Lipinski definition) is 6. The first-order valence-electron chi connectivity index (χ1n) is 9.08. The van der Waals surface area contributed by atoms with Gasteiger partial charge >= 0.3 is 11.9 Å². The van der Waals surface area contributed by atoms with Crippen LogP contribution in [-0.2, 0) is 14.3 Å². The van der Waals surface area contributed by atoms with Gasteiger partial charge in [-0.2, -0.15) is 5.26 Å². The lowest BCUT2D eigenvalue weighted by molar-refractivity contribution is -0.138. The quantitative estimate of drug-likeness (QED) is 0.290. The fourth-order valence-electron chi connectivity index (χ4n) is 2.35. The van der Waals surface area contributed by atoms with Crippen LogP contribution in [0.5, 0.6) is 11.5 Å². The Morgan fingerprint density at radius 3 is 2.41 bits per heavy atom. The van der Waals surface area contributed by atoms with Crippen molar-refractivity contribution in [1.82, 2.24) is 0 Å². The first-order valence-corrected chi connectivity index (χ1v) is 9.08. The van der Waals surface area contributed by atoms with Gasteiger partial charge in [-0.1, -0.05) is 36.4 Å². The third-order valence-electron chi connectivity index (χ3n) is 3.62. The molecule has 148 valence electrons. The zero-order valence-corrected chi connectivity index (χ0v) is 16.3. The Hall–Kier alpha value is -3.85. The summed E-state index contributed by atoms with van der Waals surface area (Å²) >= 11 is 0. The molecule has 29 heavy (non-hydrogen) atoms. The summed E-state index contributed by atoms with van der Waals surface area (Å²) in [6.07, 6.45) is 4.37. The number of benzene rings is 2. The fourth-order valence-corrected chi connectivity index (χ4v) is 2.35. The van der Waals surface area contributed by atoms with Crippen molar-refractivity contribution in [2.24, 2.45) is 0 Å². The minimum Gasteiger partial charge on any atom is -0.490 e. The van der Waals surface area contributed by atoms with Gasteiger partial charge in [0.25, 0.3) is 0 Å². The number of carbonyl (C=O) groups excluding carboxylic acids is 2. The molecule has 0 unspecified atom stereocenters. The summed E-state index contributed by atoms with van der Waals surface area (Å²) in [6, 6.07) is 15.9. The highest BCUT2D eigenvalue weighted by Crippen LogP contribution is 2.29. The van der Waals surface area contributed by atoms with Gasteiger partial charge in [0, 0.05) is 6.08 Å². The molecular formula is C23H21NO5. The third-order valence-corrected chi connectivity index (χ3v) is 3.62. The van der Waals surface area contributed by atoms with Gasteiger partial charge in [-0.05, 0) is 49.3 Å². The Morgan fingerprint density at radius 2 is 1.76 bits per heavy atom. The normalized spacial score (nSPS) is 11.0. The van der Waals surface area contributed by atoms with Crippen molar-refractivity contribution in [1.29, 1.82) is 5.26 Å². The van der Waals surface area contributed by atoms with Crippen LogP contribution in [-0.4, -0.2) is 25.2 Å². The maximum atomic E-state index is 12.1. The standard InChI is InChI=1S/C23H21NO5/c1-3-27-21-15-18(14-19(16-24)23(26)28-4-2)10-12-20(21)29-22(25)13-11-17-8-6-5-7-9-17/h5-15H,3-4H2,1-2H3. The Balaban J connectivity index is 2.21. The largest absolute Gasteiger partial charge is 0.490 e. The van der Waals surface area contributed by atoms with Crippen LogP contribution in [0, 0.1) is 11.3 Å². The second-order valence-electron chi connectivity index (χ2n) is 5.69. The van der Waals surface area contributed by atoms with Crippen molar-refractivity contribution in [3.05, 3.63) is 71.3 Å². The van der Waals surface area contributed by atoms with E-state index in [9.17, 15) is 9.59 Å². The smallest absolute Gasteiger partial charge is 0.348 e. The minimum absolute atomic E-state index is 0.134. The van der Waals surface area contributed by atoms with Crippen LogP contribution >= 0.6 is 0 Å². The molecule has 0 spiro atoms. The van der Waals surface area contributed by atoms with Crippen LogP contribution in [0.3, 0.4) is 0 Å². The molecule has 0 atom stereocenters. The molecule has 0 saturated heterocycles. The Kier molecular flexibility index (Phi) is 8.21. The fraction of sp³-hybridized carbons (Fsp3) is 0.174. The molecule has 0 aromatic heterocycles. The monoisotopic (exact) mass is 391 g/mol. The first kappa shape index (κ1) is 21.5. The summed E-state index contributed by atoms with van der Waals surface area (Å²) in [6.45, 7) is 3.98. The molecule has 6 nitrogen and oxygen atoms in total. The molecule has 2 rings (SSSR count). The molecule has 2 aromatic rings. The molecule has 0 aliphatic heterocycles. The van der Waals surface area contributed by atoms with E-state index in [1.807, 2.05) is 36.4 Å². The molecule has 0 aliphatic rings. The van der Waals surface area contributed by atoms with Crippen LogP contribution in [0.1, 0.15) is 25.0 Å². The summed E-state index contributed by atoms with van der Waals surface area (Å²) in [5.74, 6) is -0.693. The van der Waals surface area contributed by atoms with Crippen molar-refractivity contribution in [2.75, 3.05) is 13.2 Å². The first-order chi connectivity index (χ1) is 14.1. The summed E-state index contributed by atoms with van der Waals surface area (Å²) in [5, 5.41) is 9.16.